The monoisotopic (exact) mass is 386 g/mol. The van der Waals surface area contributed by atoms with Gasteiger partial charge in [0.1, 0.15) is 17.3 Å². The zero-order valence-corrected chi connectivity index (χ0v) is 13.5. The molecular weight excluding hydrogens is 379 g/mol. The minimum Gasteiger partial charge on any atom is -0.476 e. The van der Waals surface area contributed by atoms with Crippen molar-refractivity contribution in [1.29, 1.82) is 0 Å². The molecule has 2 aromatic carbocycles. The molecule has 0 amide bonds. The molecule has 8 heteroatoms. The first-order chi connectivity index (χ1) is 12.2. The lowest BCUT2D eigenvalue weighted by Crippen LogP contribution is -2.33. The van der Waals surface area contributed by atoms with E-state index >= 15 is 0 Å². The van der Waals surface area contributed by atoms with Crippen LogP contribution in [0.2, 0.25) is 5.02 Å². The van der Waals surface area contributed by atoms with Gasteiger partial charge in [0.25, 0.3) is 0 Å². The van der Waals surface area contributed by atoms with Gasteiger partial charge in [0.2, 0.25) is 6.10 Å². The van der Waals surface area contributed by atoms with Gasteiger partial charge in [-0.3, -0.25) is 0 Å². The van der Waals surface area contributed by atoms with Gasteiger partial charge >= 0.3 is 6.18 Å². The van der Waals surface area contributed by atoms with E-state index in [0.29, 0.717) is 0 Å². The second kappa shape index (κ2) is 6.54. The third-order valence-corrected chi connectivity index (χ3v) is 3.78. The Morgan fingerprint density at radius 3 is 2.46 bits per heavy atom. The number of hydrogen-bond acceptors (Lipinski definition) is 2. The lowest BCUT2D eigenvalue weighted by molar-refractivity contribution is -0.180. The fourth-order valence-electron chi connectivity index (χ4n) is 2.24. The van der Waals surface area contributed by atoms with Gasteiger partial charge in [-0.15, -0.1) is 6.42 Å². The van der Waals surface area contributed by atoms with Crippen LogP contribution in [0.5, 0.6) is 17.2 Å². The van der Waals surface area contributed by atoms with Crippen LogP contribution in [0, 0.1) is 24.0 Å². The Bertz CT molecular complexity index is 944. The molecule has 0 radical (unpaired) electrons. The number of terminal acetylenes is 1. The summed E-state index contributed by atoms with van der Waals surface area (Å²) < 4.78 is 76.1. The molecule has 0 saturated heterocycles. The van der Waals surface area contributed by atoms with E-state index in [1.807, 2.05) is 5.92 Å². The smallest absolute Gasteiger partial charge is 0.429 e. The molecule has 0 N–H and O–H groups in total. The highest BCUT2D eigenvalue weighted by Crippen LogP contribution is 2.40. The number of rotatable bonds is 2. The fraction of sp³-hybridized carbons (Fsp3) is 0.111. The van der Waals surface area contributed by atoms with Crippen LogP contribution in [-0.4, -0.2) is 12.3 Å². The highest BCUT2D eigenvalue weighted by Gasteiger charge is 2.41. The first-order valence-electron chi connectivity index (χ1n) is 7.07. The zero-order chi connectivity index (χ0) is 19.1. The molecule has 1 heterocycles. The standard InChI is InChI=1S/C18H8ClF5O2/c1-2-9-6-13(21)16(7-12(9)20)25-15-8-14-10(5-11(15)19)3-4-17(26-14)18(22,23)24/h1,3-8,17H. The second-order valence-corrected chi connectivity index (χ2v) is 5.68. The average molecular weight is 387 g/mol. The molecule has 2 aromatic rings. The molecule has 1 unspecified atom stereocenters. The van der Waals surface area contributed by atoms with Crippen LogP contribution < -0.4 is 9.47 Å². The molecule has 1 aliphatic heterocycles. The molecule has 0 fully saturated rings. The summed E-state index contributed by atoms with van der Waals surface area (Å²) >= 11 is 6.00. The minimum absolute atomic E-state index is 0.0247. The van der Waals surface area contributed by atoms with Crippen molar-refractivity contribution in [3.8, 4) is 29.6 Å². The van der Waals surface area contributed by atoms with Gasteiger partial charge in [0.15, 0.2) is 11.6 Å². The van der Waals surface area contributed by atoms with Gasteiger partial charge in [-0.1, -0.05) is 23.6 Å². The van der Waals surface area contributed by atoms with Crippen molar-refractivity contribution in [2.24, 2.45) is 0 Å². The first kappa shape index (κ1) is 18.1. The van der Waals surface area contributed by atoms with Gasteiger partial charge in [-0.2, -0.15) is 13.2 Å². The number of alkyl halides is 3. The molecule has 2 nitrogen and oxygen atoms in total. The summed E-state index contributed by atoms with van der Waals surface area (Å²) in [7, 11) is 0. The van der Waals surface area contributed by atoms with Crippen LogP contribution in [0.25, 0.3) is 6.08 Å². The lowest BCUT2D eigenvalue weighted by Gasteiger charge is -2.24. The Morgan fingerprint density at radius 1 is 1.08 bits per heavy atom. The van der Waals surface area contributed by atoms with Crippen LogP contribution in [0.3, 0.4) is 0 Å². The highest BCUT2D eigenvalue weighted by molar-refractivity contribution is 6.32. The lowest BCUT2D eigenvalue weighted by atomic mass is 10.1. The van der Waals surface area contributed by atoms with Gasteiger partial charge in [-0.05, 0) is 18.2 Å². The number of ether oxygens (including phenoxy) is 2. The van der Waals surface area contributed by atoms with E-state index in [9.17, 15) is 22.0 Å². The summed E-state index contributed by atoms with van der Waals surface area (Å²) in [6.07, 6.45) is 0.347. The molecule has 26 heavy (non-hydrogen) atoms. The van der Waals surface area contributed by atoms with E-state index in [1.165, 1.54) is 12.1 Å². The number of halogens is 6. The van der Waals surface area contributed by atoms with E-state index < -0.39 is 29.7 Å². The fourth-order valence-corrected chi connectivity index (χ4v) is 2.45. The molecular formula is C18H8ClF5O2. The Hall–Kier alpha value is -2.72. The molecule has 1 atom stereocenters. The van der Waals surface area contributed by atoms with Gasteiger partial charge in [-0.25, -0.2) is 8.78 Å². The molecule has 0 saturated carbocycles. The van der Waals surface area contributed by atoms with E-state index in [1.54, 1.807) is 0 Å². The van der Waals surface area contributed by atoms with Crippen molar-refractivity contribution >= 4 is 17.7 Å². The maximum Gasteiger partial charge on any atom is 0.429 e. The SMILES string of the molecule is C#Cc1cc(F)c(Oc2cc3c(cc2Cl)C=CC(C(F)(F)F)O3)cc1F. The van der Waals surface area contributed by atoms with Gasteiger partial charge in [0, 0.05) is 17.7 Å². The van der Waals surface area contributed by atoms with Gasteiger partial charge in [0.05, 0.1) is 10.6 Å². The van der Waals surface area contributed by atoms with Crippen molar-refractivity contribution in [2.45, 2.75) is 12.3 Å². The van der Waals surface area contributed by atoms with E-state index in [2.05, 4.69) is 0 Å². The second-order valence-electron chi connectivity index (χ2n) is 5.27. The van der Waals surface area contributed by atoms with Crippen LogP contribution in [0.1, 0.15) is 11.1 Å². The number of hydrogen-bond donors (Lipinski definition) is 0. The summed E-state index contributed by atoms with van der Waals surface area (Å²) in [4.78, 5) is 0. The summed E-state index contributed by atoms with van der Waals surface area (Å²) in [6.45, 7) is 0. The van der Waals surface area contributed by atoms with E-state index in [4.69, 9.17) is 27.5 Å². The Balaban J connectivity index is 1.95. The predicted octanol–water partition coefficient (Wildman–Crippen LogP) is 5.73. The topological polar surface area (TPSA) is 18.5 Å². The molecule has 134 valence electrons. The molecule has 0 aliphatic carbocycles. The maximum absolute atomic E-state index is 14.0. The quantitative estimate of drug-likeness (QED) is 0.485. The summed E-state index contributed by atoms with van der Waals surface area (Å²) in [5, 5.41) is -0.0247. The largest absolute Gasteiger partial charge is 0.476 e. The third kappa shape index (κ3) is 3.46. The summed E-state index contributed by atoms with van der Waals surface area (Å²) in [6, 6.07) is 3.85. The maximum atomic E-state index is 14.0. The first-order valence-corrected chi connectivity index (χ1v) is 7.45. The molecule has 1 aliphatic rings. The van der Waals surface area contributed by atoms with Crippen molar-refractivity contribution in [1.82, 2.24) is 0 Å². The van der Waals surface area contributed by atoms with E-state index in [-0.39, 0.29) is 27.6 Å². The van der Waals surface area contributed by atoms with Crippen LogP contribution in [-0.2, 0) is 0 Å². The summed E-state index contributed by atoms with van der Waals surface area (Å²) in [5.41, 5.74) is -0.00920. The van der Waals surface area contributed by atoms with Crippen molar-refractivity contribution in [3.05, 3.63) is 58.1 Å². The van der Waals surface area contributed by atoms with Crippen molar-refractivity contribution in [3.63, 3.8) is 0 Å². The Labute approximate surface area is 149 Å². The van der Waals surface area contributed by atoms with Crippen LogP contribution in [0.15, 0.2) is 30.3 Å². The third-order valence-electron chi connectivity index (χ3n) is 3.49. The minimum atomic E-state index is -4.60. The highest BCUT2D eigenvalue weighted by atomic mass is 35.5. The van der Waals surface area contributed by atoms with Crippen LogP contribution >= 0.6 is 11.6 Å². The van der Waals surface area contributed by atoms with Crippen molar-refractivity contribution in [2.75, 3.05) is 0 Å². The Morgan fingerprint density at radius 2 is 1.81 bits per heavy atom. The summed E-state index contributed by atoms with van der Waals surface area (Å²) in [5.74, 6) is -0.766. The van der Waals surface area contributed by atoms with Gasteiger partial charge < -0.3 is 9.47 Å². The normalized spacial score (nSPS) is 15.8. The predicted molar refractivity (Wildman–Crippen MR) is 85.3 cm³/mol. The molecule has 3 rings (SSSR count). The average Bonchev–Trinajstić information content (AvgIpc) is 2.57. The van der Waals surface area contributed by atoms with E-state index in [0.717, 1.165) is 24.3 Å². The zero-order valence-electron chi connectivity index (χ0n) is 12.7. The van der Waals surface area contributed by atoms with Crippen LogP contribution in [0.4, 0.5) is 22.0 Å². The molecule has 0 spiro atoms. The molecule has 0 bridgehead atoms. The number of fused-ring (bicyclic) bond motifs is 1. The Kier molecular flexibility index (Phi) is 4.55. The number of benzene rings is 2. The van der Waals surface area contributed by atoms with Crippen molar-refractivity contribution < 1.29 is 31.4 Å². The molecule has 0 aromatic heterocycles.